The van der Waals surface area contributed by atoms with Gasteiger partial charge >= 0.3 is 0 Å². The summed E-state index contributed by atoms with van der Waals surface area (Å²) in [5.74, 6) is 1.54. The summed E-state index contributed by atoms with van der Waals surface area (Å²) < 4.78 is 10.4. The molecule has 1 aromatic rings. The van der Waals surface area contributed by atoms with Gasteiger partial charge in [0.05, 0.1) is 0 Å². The summed E-state index contributed by atoms with van der Waals surface area (Å²) in [7, 11) is 1.62. The van der Waals surface area contributed by atoms with E-state index in [4.69, 9.17) is 15.0 Å². The van der Waals surface area contributed by atoms with Crippen LogP contribution in [0.2, 0.25) is 0 Å². The fourth-order valence-electron chi connectivity index (χ4n) is 1.06. The van der Waals surface area contributed by atoms with Gasteiger partial charge in [-0.05, 0) is 26.3 Å². The Kier molecular flexibility index (Phi) is 3.82. The molecule has 0 saturated carbocycles. The minimum absolute atomic E-state index is 0.351. The molecule has 0 saturated heterocycles. The van der Waals surface area contributed by atoms with E-state index < -0.39 is 5.60 Å². The monoisotopic (exact) mass is 213 g/mol. The van der Waals surface area contributed by atoms with Crippen LogP contribution >= 0.6 is 0 Å². The van der Waals surface area contributed by atoms with E-state index in [-0.39, 0.29) is 0 Å². The second-order valence-electron chi connectivity index (χ2n) is 4.27. The SMILES string of the molecule is COC(C)(C)c1noc(CC(C)CN)n1. The van der Waals surface area contributed by atoms with Crippen molar-refractivity contribution < 1.29 is 9.26 Å². The maximum atomic E-state index is 5.52. The van der Waals surface area contributed by atoms with Crippen molar-refractivity contribution in [2.75, 3.05) is 13.7 Å². The van der Waals surface area contributed by atoms with Gasteiger partial charge in [0.1, 0.15) is 5.60 Å². The summed E-state index contributed by atoms with van der Waals surface area (Å²) in [4.78, 5) is 4.28. The van der Waals surface area contributed by atoms with Crippen molar-refractivity contribution >= 4 is 0 Å². The van der Waals surface area contributed by atoms with Crippen molar-refractivity contribution in [1.82, 2.24) is 10.1 Å². The molecule has 86 valence electrons. The van der Waals surface area contributed by atoms with Crippen LogP contribution in [-0.2, 0) is 16.8 Å². The van der Waals surface area contributed by atoms with Crippen molar-refractivity contribution in [3.8, 4) is 0 Å². The lowest BCUT2D eigenvalue weighted by atomic mass is 10.1. The van der Waals surface area contributed by atoms with Crippen molar-refractivity contribution in [3.63, 3.8) is 0 Å². The molecule has 5 heteroatoms. The van der Waals surface area contributed by atoms with E-state index in [9.17, 15) is 0 Å². The Morgan fingerprint density at radius 3 is 2.73 bits per heavy atom. The van der Waals surface area contributed by atoms with Crippen LogP contribution in [0.1, 0.15) is 32.5 Å². The van der Waals surface area contributed by atoms with E-state index in [2.05, 4.69) is 10.1 Å². The fraction of sp³-hybridized carbons (Fsp3) is 0.800. The van der Waals surface area contributed by atoms with Crippen molar-refractivity contribution in [1.29, 1.82) is 0 Å². The number of ether oxygens (including phenoxy) is 1. The Balaban J connectivity index is 2.72. The van der Waals surface area contributed by atoms with Crippen molar-refractivity contribution in [2.24, 2.45) is 11.7 Å². The zero-order chi connectivity index (χ0) is 11.5. The van der Waals surface area contributed by atoms with Gasteiger partial charge in [0.15, 0.2) is 0 Å². The van der Waals surface area contributed by atoms with Gasteiger partial charge in [-0.2, -0.15) is 4.98 Å². The first-order valence-electron chi connectivity index (χ1n) is 5.08. The standard InChI is InChI=1S/C10H19N3O2/c1-7(6-11)5-8-12-9(13-15-8)10(2,3)14-4/h7H,5-6,11H2,1-4H3. The van der Waals surface area contributed by atoms with Gasteiger partial charge in [-0.25, -0.2) is 0 Å². The number of hydrogen-bond acceptors (Lipinski definition) is 5. The number of aromatic nitrogens is 2. The second kappa shape index (κ2) is 4.72. The molecule has 0 amide bonds. The number of rotatable bonds is 5. The maximum Gasteiger partial charge on any atom is 0.227 e. The third-order valence-electron chi connectivity index (χ3n) is 2.44. The molecule has 0 aliphatic carbocycles. The summed E-state index contributed by atoms with van der Waals surface area (Å²) in [6.07, 6.45) is 0.712. The van der Waals surface area contributed by atoms with E-state index >= 15 is 0 Å². The topological polar surface area (TPSA) is 74.2 Å². The molecule has 0 aliphatic heterocycles. The Labute approximate surface area is 90.0 Å². The number of nitrogens with zero attached hydrogens (tertiary/aromatic N) is 2. The highest BCUT2D eigenvalue weighted by Crippen LogP contribution is 2.20. The Hall–Kier alpha value is -0.940. The normalized spacial score (nSPS) is 14.2. The summed E-state index contributed by atoms with van der Waals surface area (Å²) >= 11 is 0. The Morgan fingerprint density at radius 1 is 1.53 bits per heavy atom. The summed E-state index contributed by atoms with van der Waals surface area (Å²) in [6, 6.07) is 0. The first kappa shape index (κ1) is 12.1. The lowest BCUT2D eigenvalue weighted by molar-refractivity contribution is 0.00973. The van der Waals surface area contributed by atoms with Crippen LogP contribution in [0.15, 0.2) is 4.52 Å². The molecule has 0 radical (unpaired) electrons. The molecule has 0 fully saturated rings. The highest BCUT2D eigenvalue weighted by molar-refractivity contribution is 4.97. The molecule has 2 N–H and O–H groups in total. The van der Waals surface area contributed by atoms with Crippen LogP contribution in [0.5, 0.6) is 0 Å². The average Bonchev–Trinajstić information content (AvgIpc) is 2.66. The van der Waals surface area contributed by atoms with E-state index in [1.165, 1.54) is 0 Å². The first-order chi connectivity index (χ1) is 6.99. The highest BCUT2D eigenvalue weighted by Gasteiger charge is 2.26. The van der Waals surface area contributed by atoms with Crippen LogP contribution < -0.4 is 5.73 Å². The molecule has 1 atom stereocenters. The largest absolute Gasteiger partial charge is 0.371 e. The minimum Gasteiger partial charge on any atom is -0.371 e. The summed E-state index contributed by atoms with van der Waals surface area (Å²) in [5.41, 5.74) is 5.02. The lowest BCUT2D eigenvalue weighted by Gasteiger charge is -2.17. The zero-order valence-corrected chi connectivity index (χ0v) is 9.78. The van der Waals surface area contributed by atoms with E-state index in [0.29, 0.717) is 30.6 Å². The number of nitrogens with two attached hydrogens (primary N) is 1. The third-order valence-corrected chi connectivity index (χ3v) is 2.44. The highest BCUT2D eigenvalue weighted by atomic mass is 16.5. The first-order valence-corrected chi connectivity index (χ1v) is 5.08. The molecule has 0 bridgehead atoms. The van der Waals surface area contributed by atoms with Gasteiger partial charge in [0.2, 0.25) is 11.7 Å². The summed E-state index contributed by atoms with van der Waals surface area (Å²) in [6.45, 7) is 6.46. The molecule has 15 heavy (non-hydrogen) atoms. The van der Waals surface area contributed by atoms with Gasteiger partial charge < -0.3 is 15.0 Å². The predicted octanol–water partition coefficient (Wildman–Crippen LogP) is 1.09. The zero-order valence-electron chi connectivity index (χ0n) is 9.78. The van der Waals surface area contributed by atoms with Crippen LogP contribution in [0.4, 0.5) is 0 Å². The number of methoxy groups -OCH3 is 1. The second-order valence-corrected chi connectivity index (χ2v) is 4.27. The van der Waals surface area contributed by atoms with E-state index in [1.807, 2.05) is 20.8 Å². The molecular weight excluding hydrogens is 194 g/mol. The summed E-state index contributed by atoms with van der Waals surface area (Å²) in [5, 5.41) is 3.89. The van der Waals surface area contributed by atoms with Gasteiger partial charge in [0.25, 0.3) is 0 Å². The van der Waals surface area contributed by atoms with Gasteiger partial charge in [0, 0.05) is 13.5 Å². The minimum atomic E-state index is -0.506. The molecule has 0 aliphatic rings. The molecule has 1 aromatic heterocycles. The van der Waals surface area contributed by atoms with Gasteiger partial charge in [-0.3, -0.25) is 0 Å². The van der Waals surface area contributed by atoms with Crippen molar-refractivity contribution in [2.45, 2.75) is 32.8 Å². The predicted molar refractivity (Wildman–Crippen MR) is 56.3 cm³/mol. The molecule has 1 rings (SSSR count). The average molecular weight is 213 g/mol. The Morgan fingerprint density at radius 2 is 2.20 bits per heavy atom. The molecular formula is C10H19N3O2. The van der Waals surface area contributed by atoms with Crippen LogP contribution in [0, 0.1) is 5.92 Å². The molecule has 1 heterocycles. The van der Waals surface area contributed by atoms with E-state index in [0.717, 1.165) is 0 Å². The van der Waals surface area contributed by atoms with Crippen LogP contribution in [-0.4, -0.2) is 23.8 Å². The van der Waals surface area contributed by atoms with Crippen LogP contribution in [0.3, 0.4) is 0 Å². The Bertz CT molecular complexity index is 309. The molecule has 5 nitrogen and oxygen atoms in total. The third kappa shape index (κ3) is 3.00. The van der Waals surface area contributed by atoms with Gasteiger partial charge in [-0.15, -0.1) is 0 Å². The van der Waals surface area contributed by atoms with E-state index in [1.54, 1.807) is 7.11 Å². The lowest BCUT2D eigenvalue weighted by Crippen LogP contribution is -2.21. The quantitative estimate of drug-likeness (QED) is 0.792. The van der Waals surface area contributed by atoms with Gasteiger partial charge in [-0.1, -0.05) is 12.1 Å². The fourth-order valence-corrected chi connectivity index (χ4v) is 1.06. The van der Waals surface area contributed by atoms with Crippen LogP contribution in [0.25, 0.3) is 0 Å². The van der Waals surface area contributed by atoms with Crippen molar-refractivity contribution in [3.05, 3.63) is 11.7 Å². The molecule has 0 spiro atoms. The maximum absolute atomic E-state index is 5.52. The smallest absolute Gasteiger partial charge is 0.227 e. The molecule has 1 unspecified atom stereocenters. The number of hydrogen-bond donors (Lipinski definition) is 1. The molecule has 0 aromatic carbocycles.